The Balaban J connectivity index is 0.000000924. The maximum atomic E-state index is 5.09. The van der Waals surface area contributed by atoms with Crippen LogP contribution in [0.5, 0.6) is 0 Å². The summed E-state index contributed by atoms with van der Waals surface area (Å²) < 4.78 is 0.229. The molecule has 0 heterocycles. The highest BCUT2D eigenvalue weighted by Gasteiger charge is 2.52. The molecule has 0 aromatic carbocycles. The van der Waals surface area contributed by atoms with Crippen molar-refractivity contribution in [2.45, 2.75) is 91.7 Å². The largest absolute Gasteiger partial charge is 0.172 e. The molecule has 23 heavy (non-hydrogen) atoms. The first-order valence-electron chi connectivity index (χ1n) is 9.92. The predicted molar refractivity (Wildman–Crippen MR) is 107 cm³/mol. The molecule has 4 atom stereocenters. The second kappa shape index (κ2) is 6.98. The van der Waals surface area contributed by atoms with Crippen LogP contribution < -0.4 is 0 Å². The molecule has 3 aliphatic rings. The first kappa shape index (κ1) is 19.2. The molecular weight excluding hydrogens is 296 g/mol. The third-order valence-electron chi connectivity index (χ3n) is 6.70. The number of fused-ring (bicyclic) bond motifs is 2. The van der Waals surface area contributed by atoms with E-state index in [1.165, 1.54) is 38.5 Å². The van der Waals surface area contributed by atoms with Gasteiger partial charge in [0.2, 0.25) is 0 Å². The Morgan fingerprint density at radius 3 is 2.43 bits per heavy atom. The van der Waals surface area contributed by atoms with Crippen LogP contribution in [0, 0.1) is 23.2 Å². The maximum absolute atomic E-state index is 5.09. The molecule has 1 fully saturated rings. The van der Waals surface area contributed by atoms with Crippen LogP contribution >= 0.6 is 12.6 Å². The zero-order valence-corrected chi connectivity index (χ0v) is 17.4. The van der Waals surface area contributed by atoms with E-state index < -0.39 is 0 Å². The summed E-state index contributed by atoms with van der Waals surface area (Å²) in [5, 5.41) is 0. The minimum atomic E-state index is 0.229. The van der Waals surface area contributed by atoms with Gasteiger partial charge in [-0.05, 0) is 60.8 Å². The smallest absolute Gasteiger partial charge is 0.0138 e. The Bertz CT molecular complexity index is 494. The van der Waals surface area contributed by atoms with Crippen molar-refractivity contribution in [1.29, 1.82) is 0 Å². The van der Waals surface area contributed by atoms with Gasteiger partial charge in [0.1, 0.15) is 0 Å². The first-order valence-corrected chi connectivity index (χ1v) is 10.4. The average molecular weight is 335 g/mol. The Morgan fingerprint density at radius 1 is 1.17 bits per heavy atom. The quantitative estimate of drug-likeness (QED) is 0.481. The summed E-state index contributed by atoms with van der Waals surface area (Å²) in [5.74, 6) is 2.20. The molecule has 0 radical (unpaired) electrons. The van der Waals surface area contributed by atoms with Crippen LogP contribution in [0.2, 0.25) is 0 Å². The predicted octanol–water partition coefficient (Wildman–Crippen LogP) is 7.22. The summed E-state index contributed by atoms with van der Waals surface area (Å²) in [6, 6.07) is 0. The molecule has 0 aromatic rings. The van der Waals surface area contributed by atoms with E-state index in [9.17, 15) is 0 Å². The third kappa shape index (κ3) is 3.32. The fourth-order valence-electron chi connectivity index (χ4n) is 5.77. The lowest BCUT2D eigenvalue weighted by Crippen LogP contribution is -2.49. The molecule has 1 saturated carbocycles. The van der Waals surface area contributed by atoms with Crippen molar-refractivity contribution in [2.75, 3.05) is 0 Å². The van der Waals surface area contributed by atoms with Gasteiger partial charge in [0.05, 0.1) is 0 Å². The lowest BCUT2D eigenvalue weighted by Gasteiger charge is -2.56. The summed E-state index contributed by atoms with van der Waals surface area (Å²) >= 11 is 5.09. The molecule has 3 aliphatic carbocycles. The second-order valence-corrected chi connectivity index (χ2v) is 9.66. The van der Waals surface area contributed by atoms with E-state index in [-0.39, 0.29) is 4.75 Å². The maximum Gasteiger partial charge on any atom is 0.0138 e. The summed E-state index contributed by atoms with van der Waals surface area (Å²) in [7, 11) is 0. The van der Waals surface area contributed by atoms with Crippen molar-refractivity contribution in [3.63, 3.8) is 0 Å². The zero-order valence-electron chi connectivity index (χ0n) is 16.5. The second-order valence-electron chi connectivity index (χ2n) is 8.64. The summed E-state index contributed by atoms with van der Waals surface area (Å²) in [4.78, 5) is 0. The van der Waals surface area contributed by atoms with Crippen molar-refractivity contribution in [1.82, 2.24) is 0 Å². The fraction of sp³-hybridized carbons (Fsp3) is 0.818. The highest BCUT2D eigenvalue weighted by atomic mass is 32.1. The molecular formula is C22H38S. The standard InChI is InChI=1S/C20H32S.C2H6/c1-13(2)16-11-14(3)18-15(12-16)7-8-17-19(18,4)9-6-10-20(17,5)21;1-2/h12-14,17,21H,6-11H2,1-5H3;1-2H3. The Hall–Kier alpha value is -0.170. The Labute approximate surface area is 150 Å². The first-order chi connectivity index (χ1) is 10.8. The minimum Gasteiger partial charge on any atom is -0.172 e. The normalized spacial score (nSPS) is 40.0. The molecule has 0 bridgehead atoms. The van der Waals surface area contributed by atoms with E-state index in [1.807, 2.05) is 19.4 Å². The number of allylic oxidation sites excluding steroid dienone is 4. The van der Waals surface area contributed by atoms with Gasteiger partial charge < -0.3 is 0 Å². The summed E-state index contributed by atoms with van der Waals surface area (Å²) in [5.41, 5.74) is 5.58. The molecule has 0 saturated heterocycles. The van der Waals surface area contributed by atoms with Crippen LogP contribution in [0.1, 0.15) is 87.0 Å². The van der Waals surface area contributed by atoms with Gasteiger partial charge in [-0.2, -0.15) is 12.6 Å². The highest BCUT2D eigenvalue weighted by Crippen LogP contribution is 2.61. The van der Waals surface area contributed by atoms with E-state index in [2.05, 4.69) is 40.7 Å². The SMILES string of the molecule is CC.CC(C)C1=CC2=C(C(C)C1)C1(C)CCCC(C)(S)C1CC2. The molecule has 0 N–H and O–H groups in total. The lowest BCUT2D eigenvalue weighted by atomic mass is 9.51. The van der Waals surface area contributed by atoms with Gasteiger partial charge >= 0.3 is 0 Å². The minimum absolute atomic E-state index is 0.229. The van der Waals surface area contributed by atoms with Gasteiger partial charge in [-0.3, -0.25) is 0 Å². The van der Waals surface area contributed by atoms with Crippen LogP contribution in [-0.2, 0) is 0 Å². The molecule has 0 spiro atoms. The lowest BCUT2D eigenvalue weighted by molar-refractivity contribution is 0.0909. The van der Waals surface area contributed by atoms with Crippen molar-refractivity contribution in [3.8, 4) is 0 Å². The Kier molecular flexibility index (Phi) is 5.82. The van der Waals surface area contributed by atoms with Crippen LogP contribution in [0.3, 0.4) is 0 Å². The van der Waals surface area contributed by atoms with E-state index >= 15 is 0 Å². The molecule has 0 nitrogen and oxygen atoms in total. The number of rotatable bonds is 1. The number of thiol groups is 1. The topological polar surface area (TPSA) is 0 Å². The fourth-order valence-corrected chi connectivity index (χ4v) is 6.34. The van der Waals surface area contributed by atoms with Crippen molar-refractivity contribution < 1.29 is 0 Å². The van der Waals surface area contributed by atoms with E-state index in [0.29, 0.717) is 11.3 Å². The molecule has 0 aromatic heterocycles. The van der Waals surface area contributed by atoms with Gasteiger partial charge in [-0.1, -0.05) is 72.1 Å². The van der Waals surface area contributed by atoms with Gasteiger partial charge in [-0.25, -0.2) is 0 Å². The van der Waals surface area contributed by atoms with Crippen LogP contribution in [0.15, 0.2) is 22.8 Å². The van der Waals surface area contributed by atoms with Crippen molar-refractivity contribution >= 4 is 12.6 Å². The number of hydrogen-bond acceptors (Lipinski definition) is 1. The average Bonchev–Trinajstić information content (AvgIpc) is 2.47. The van der Waals surface area contributed by atoms with Crippen molar-refractivity contribution in [3.05, 3.63) is 22.8 Å². The molecule has 1 heteroatoms. The van der Waals surface area contributed by atoms with Crippen molar-refractivity contribution in [2.24, 2.45) is 23.2 Å². The highest BCUT2D eigenvalue weighted by molar-refractivity contribution is 7.81. The number of hydrogen-bond donors (Lipinski definition) is 1. The van der Waals surface area contributed by atoms with E-state index in [4.69, 9.17) is 12.6 Å². The summed E-state index contributed by atoms with van der Waals surface area (Å²) in [6.45, 7) is 16.1. The zero-order chi connectivity index (χ0) is 17.4. The van der Waals surface area contributed by atoms with Gasteiger partial charge in [0.25, 0.3) is 0 Å². The monoisotopic (exact) mass is 334 g/mol. The van der Waals surface area contributed by atoms with Gasteiger partial charge in [0.15, 0.2) is 0 Å². The van der Waals surface area contributed by atoms with E-state index in [0.717, 1.165) is 11.8 Å². The Morgan fingerprint density at radius 2 is 1.83 bits per heavy atom. The summed E-state index contributed by atoms with van der Waals surface area (Å²) in [6.07, 6.45) is 10.5. The molecule has 3 rings (SSSR count). The van der Waals surface area contributed by atoms with Gasteiger partial charge in [-0.15, -0.1) is 0 Å². The third-order valence-corrected chi connectivity index (χ3v) is 7.23. The van der Waals surface area contributed by atoms with Crippen LogP contribution in [-0.4, -0.2) is 4.75 Å². The molecule has 0 amide bonds. The molecule has 0 aliphatic heterocycles. The van der Waals surface area contributed by atoms with Crippen LogP contribution in [0.4, 0.5) is 0 Å². The van der Waals surface area contributed by atoms with Crippen LogP contribution in [0.25, 0.3) is 0 Å². The van der Waals surface area contributed by atoms with Gasteiger partial charge in [0, 0.05) is 4.75 Å². The molecule has 4 unspecified atom stereocenters. The molecule has 132 valence electrons. The van der Waals surface area contributed by atoms with E-state index in [1.54, 1.807) is 11.1 Å².